The maximum Gasteiger partial charge on any atom is 0.323 e. The van der Waals surface area contributed by atoms with Crippen molar-refractivity contribution in [3.63, 3.8) is 0 Å². The average Bonchev–Trinajstić information content (AvgIpc) is 2.37. The topological polar surface area (TPSA) is 95.1 Å². The summed E-state index contributed by atoms with van der Waals surface area (Å²) in [5.74, 6) is -0.381. The predicted molar refractivity (Wildman–Crippen MR) is 73.4 cm³/mol. The Kier molecular flexibility index (Phi) is 3.02. The Balaban J connectivity index is 1.85. The molecule has 1 saturated carbocycles. The number of carbonyl (C=O) groups is 1. The molecule has 0 unspecified atom stereocenters. The number of hydrogen-bond acceptors (Lipinski definition) is 4. The van der Waals surface area contributed by atoms with Gasteiger partial charge in [-0.15, -0.1) is 0 Å². The second-order valence-corrected chi connectivity index (χ2v) is 5.12. The van der Waals surface area contributed by atoms with Crippen molar-refractivity contribution < 1.29 is 9.90 Å². The fraction of sp³-hybridized carbons (Fsp3) is 0.357. The number of nitrogens with zero attached hydrogens (tertiary/aromatic N) is 1. The van der Waals surface area contributed by atoms with Gasteiger partial charge >= 0.3 is 5.97 Å². The fourth-order valence-electron chi connectivity index (χ4n) is 2.47. The molecular weight excluding hydrogens is 258 g/mol. The van der Waals surface area contributed by atoms with Gasteiger partial charge in [-0.2, -0.15) is 0 Å². The second kappa shape index (κ2) is 4.72. The first-order valence-electron chi connectivity index (χ1n) is 6.57. The van der Waals surface area contributed by atoms with E-state index >= 15 is 0 Å². The summed E-state index contributed by atoms with van der Waals surface area (Å²) < 4.78 is 0. The Morgan fingerprint density at radius 2 is 2.15 bits per heavy atom. The molecule has 1 aromatic heterocycles. The van der Waals surface area contributed by atoms with E-state index in [0.717, 1.165) is 6.42 Å². The van der Waals surface area contributed by atoms with Crippen LogP contribution in [0, 0.1) is 0 Å². The summed E-state index contributed by atoms with van der Waals surface area (Å²) in [4.78, 5) is 30.2. The quantitative estimate of drug-likeness (QED) is 0.773. The lowest BCUT2D eigenvalue weighted by Gasteiger charge is -2.38. The van der Waals surface area contributed by atoms with Crippen LogP contribution >= 0.6 is 0 Å². The van der Waals surface area contributed by atoms with E-state index in [-0.39, 0.29) is 12.1 Å². The van der Waals surface area contributed by atoms with Gasteiger partial charge in [0, 0.05) is 0 Å². The van der Waals surface area contributed by atoms with Crippen LogP contribution in [0.25, 0.3) is 10.9 Å². The number of rotatable bonds is 4. The standard InChI is InChI=1S/C14H15N3O3/c18-12-9-4-1-2-5-10(9)16-11(17-12)8-15-14(13(19)20)6-3-7-14/h1-2,4-5,15H,3,6-8H2,(H,19,20)(H,16,17,18). The Bertz CT molecular complexity index is 719. The lowest BCUT2D eigenvalue weighted by Crippen LogP contribution is -2.56. The molecule has 1 aromatic carbocycles. The zero-order valence-corrected chi connectivity index (χ0v) is 10.8. The van der Waals surface area contributed by atoms with Gasteiger partial charge in [0.05, 0.1) is 17.4 Å². The fourth-order valence-corrected chi connectivity index (χ4v) is 2.47. The predicted octanol–water partition coefficient (Wildman–Crippen LogP) is 1.02. The molecule has 104 valence electrons. The molecular formula is C14H15N3O3. The third kappa shape index (κ3) is 2.08. The van der Waals surface area contributed by atoms with E-state index in [0.29, 0.717) is 29.6 Å². The van der Waals surface area contributed by atoms with Crippen molar-refractivity contribution >= 4 is 16.9 Å². The van der Waals surface area contributed by atoms with Crippen molar-refractivity contribution in [2.45, 2.75) is 31.3 Å². The molecule has 0 aliphatic heterocycles. The number of aliphatic carboxylic acids is 1. The molecule has 0 radical (unpaired) electrons. The Morgan fingerprint density at radius 1 is 1.40 bits per heavy atom. The van der Waals surface area contributed by atoms with Crippen molar-refractivity contribution in [3.05, 3.63) is 40.4 Å². The molecule has 1 aliphatic carbocycles. The van der Waals surface area contributed by atoms with Gasteiger partial charge in [-0.1, -0.05) is 12.1 Å². The highest BCUT2D eigenvalue weighted by Gasteiger charge is 2.43. The highest BCUT2D eigenvalue weighted by atomic mass is 16.4. The highest BCUT2D eigenvalue weighted by Crippen LogP contribution is 2.32. The Hall–Kier alpha value is -2.21. The Labute approximate surface area is 114 Å². The van der Waals surface area contributed by atoms with Gasteiger partial charge in [0.15, 0.2) is 0 Å². The molecule has 0 bridgehead atoms. The molecule has 0 saturated heterocycles. The van der Waals surface area contributed by atoms with Crippen molar-refractivity contribution in [1.82, 2.24) is 15.3 Å². The van der Waals surface area contributed by atoms with Crippen molar-refractivity contribution in [1.29, 1.82) is 0 Å². The normalized spacial score (nSPS) is 16.8. The molecule has 6 heteroatoms. The van der Waals surface area contributed by atoms with E-state index in [1.54, 1.807) is 18.2 Å². The van der Waals surface area contributed by atoms with Crippen LogP contribution < -0.4 is 10.9 Å². The number of H-pyrrole nitrogens is 1. The first-order chi connectivity index (χ1) is 9.61. The summed E-state index contributed by atoms with van der Waals surface area (Å²) in [5, 5.41) is 12.8. The van der Waals surface area contributed by atoms with Crippen LogP contribution in [-0.4, -0.2) is 26.6 Å². The number of carboxylic acids is 1. The summed E-state index contributed by atoms with van der Waals surface area (Å²) in [7, 11) is 0. The zero-order chi connectivity index (χ0) is 14.2. The summed E-state index contributed by atoms with van der Waals surface area (Å²) in [6.07, 6.45) is 2.13. The number of aromatic nitrogens is 2. The zero-order valence-electron chi connectivity index (χ0n) is 10.8. The number of carboxylic acid groups (broad SMARTS) is 1. The highest BCUT2D eigenvalue weighted by molar-refractivity contribution is 5.80. The van der Waals surface area contributed by atoms with E-state index in [4.69, 9.17) is 0 Å². The van der Waals surface area contributed by atoms with Crippen molar-refractivity contribution in [2.75, 3.05) is 0 Å². The van der Waals surface area contributed by atoms with Gasteiger partial charge in [-0.25, -0.2) is 4.98 Å². The van der Waals surface area contributed by atoms with E-state index in [1.807, 2.05) is 6.07 Å². The van der Waals surface area contributed by atoms with Crippen LogP contribution in [0.1, 0.15) is 25.1 Å². The summed E-state index contributed by atoms with van der Waals surface area (Å²) >= 11 is 0. The van der Waals surface area contributed by atoms with Gasteiger partial charge in [0.25, 0.3) is 5.56 Å². The van der Waals surface area contributed by atoms with Crippen molar-refractivity contribution in [2.24, 2.45) is 0 Å². The molecule has 3 rings (SSSR count). The number of benzene rings is 1. The van der Waals surface area contributed by atoms with Crippen LogP contribution in [-0.2, 0) is 11.3 Å². The molecule has 20 heavy (non-hydrogen) atoms. The third-order valence-electron chi connectivity index (χ3n) is 3.87. The lowest BCUT2D eigenvalue weighted by atomic mass is 9.77. The van der Waals surface area contributed by atoms with Gasteiger partial charge in [0.2, 0.25) is 0 Å². The molecule has 0 spiro atoms. The van der Waals surface area contributed by atoms with E-state index in [2.05, 4.69) is 15.3 Å². The minimum Gasteiger partial charge on any atom is -0.480 e. The van der Waals surface area contributed by atoms with E-state index < -0.39 is 11.5 Å². The SMILES string of the molecule is O=C(O)C1(NCc2nc3ccccc3c(=O)[nH]2)CCC1. The van der Waals surface area contributed by atoms with Crippen LogP contribution in [0.5, 0.6) is 0 Å². The monoisotopic (exact) mass is 273 g/mol. The average molecular weight is 273 g/mol. The maximum atomic E-state index is 11.9. The molecule has 1 aliphatic rings. The summed E-state index contributed by atoms with van der Waals surface area (Å²) in [6.45, 7) is 0.242. The smallest absolute Gasteiger partial charge is 0.323 e. The number of para-hydroxylation sites is 1. The van der Waals surface area contributed by atoms with Crippen LogP contribution in [0.15, 0.2) is 29.1 Å². The van der Waals surface area contributed by atoms with E-state index in [1.165, 1.54) is 0 Å². The first-order valence-corrected chi connectivity index (χ1v) is 6.57. The van der Waals surface area contributed by atoms with Gasteiger partial charge in [0.1, 0.15) is 11.4 Å². The first kappa shape index (κ1) is 12.8. The molecule has 0 atom stereocenters. The van der Waals surface area contributed by atoms with Crippen LogP contribution in [0.3, 0.4) is 0 Å². The van der Waals surface area contributed by atoms with Gasteiger partial charge in [-0.3, -0.25) is 14.9 Å². The third-order valence-corrected chi connectivity index (χ3v) is 3.87. The number of nitrogens with one attached hydrogen (secondary N) is 2. The lowest BCUT2D eigenvalue weighted by molar-refractivity contribution is -0.148. The second-order valence-electron chi connectivity index (χ2n) is 5.12. The molecule has 6 nitrogen and oxygen atoms in total. The minimum atomic E-state index is -0.857. The van der Waals surface area contributed by atoms with Gasteiger partial charge in [-0.05, 0) is 31.4 Å². The minimum absolute atomic E-state index is 0.203. The number of hydrogen-bond donors (Lipinski definition) is 3. The van der Waals surface area contributed by atoms with Crippen LogP contribution in [0.4, 0.5) is 0 Å². The van der Waals surface area contributed by atoms with Gasteiger partial charge < -0.3 is 10.1 Å². The summed E-state index contributed by atoms with van der Waals surface area (Å²) in [5.41, 5.74) is -0.444. The van der Waals surface area contributed by atoms with E-state index in [9.17, 15) is 14.7 Å². The largest absolute Gasteiger partial charge is 0.480 e. The Morgan fingerprint density at radius 3 is 2.80 bits per heavy atom. The molecule has 3 N–H and O–H groups in total. The number of aromatic amines is 1. The molecule has 2 aromatic rings. The number of fused-ring (bicyclic) bond motifs is 1. The summed E-state index contributed by atoms with van der Waals surface area (Å²) in [6, 6.07) is 7.08. The molecule has 0 amide bonds. The maximum absolute atomic E-state index is 11.9. The van der Waals surface area contributed by atoms with Crippen molar-refractivity contribution in [3.8, 4) is 0 Å². The molecule has 1 fully saturated rings. The van der Waals surface area contributed by atoms with Crippen LogP contribution in [0.2, 0.25) is 0 Å². The molecule has 1 heterocycles.